The fraction of sp³-hybridized carbons (Fsp3) is 0.667. The van der Waals surface area contributed by atoms with Gasteiger partial charge < -0.3 is 15.5 Å². The second kappa shape index (κ2) is 9.35. The van der Waals surface area contributed by atoms with Crippen LogP contribution < -0.4 is 5.32 Å². The molecule has 2 rings (SSSR count). The van der Waals surface area contributed by atoms with Crippen molar-refractivity contribution in [3.8, 4) is 0 Å². The largest absolute Gasteiger partial charge is 0.395 e. The Labute approximate surface area is 139 Å². The summed E-state index contributed by atoms with van der Waals surface area (Å²) in [7, 11) is 0. The fourth-order valence-electron chi connectivity index (χ4n) is 3.22. The Bertz CT molecular complexity index is 469. The summed E-state index contributed by atoms with van der Waals surface area (Å²) in [6.45, 7) is 10.8. The van der Waals surface area contributed by atoms with E-state index in [4.69, 9.17) is 0 Å². The smallest absolute Gasteiger partial charge is 0.0558 e. The molecular formula is C18H31N3O2. The second-order valence-electron chi connectivity index (χ2n) is 6.39. The van der Waals surface area contributed by atoms with E-state index in [1.807, 2.05) is 0 Å². The van der Waals surface area contributed by atoms with Gasteiger partial charge in [-0.15, -0.1) is 0 Å². The van der Waals surface area contributed by atoms with Crippen LogP contribution in [0.2, 0.25) is 0 Å². The third-order valence-electron chi connectivity index (χ3n) is 4.77. The van der Waals surface area contributed by atoms with Gasteiger partial charge in [-0.2, -0.15) is 0 Å². The molecule has 0 amide bonds. The molecule has 0 bridgehead atoms. The number of piperazine rings is 1. The van der Waals surface area contributed by atoms with Gasteiger partial charge in [-0.3, -0.25) is 9.80 Å². The number of nitrogens with zero attached hydrogens (tertiary/aromatic N) is 2. The van der Waals surface area contributed by atoms with Gasteiger partial charge in [0, 0.05) is 51.9 Å². The fourth-order valence-corrected chi connectivity index (χ4v) is 3.22. The Morgan fingerprint density at radius 2 is 1.74 bits per heavy atom. The average molecular weight is 321 g/mol. The summed E-state index contributed by atoms with van der Waals surface area (Å²) in [6, 6.07) is 6.82. The molecule has 3 N–H and O–H groups in total. The molecule has 130 valence electrons. The molecule has 1 fully saturated rings. The summed E-state index contributed by atoms with van der Waals surface area (Å²) >= 11 is 0. The molecule has 5 nitrogen and oxygen atoms in total. The Kier molecular flexibility index (Phi) is 7.46. The first-order valence-electron chi connectivity index (χ1n) is 8.61. The van der Waals surface area contributed by atoms with E-state index in [0.29, 0.717) is 13.1 Å². The highest BCUT2D eigenvalue weighted by Gasteiger charge is 2.23. The molecule has 23 heavy (non-hydrogen) atoms. The van der Waals surface area contributed by atoms with Crippen molar-refractivity contribution in [2.75, 3.05) is 59.0 Å². The zero-order valence-electron chi connectivity index (χ0n) is 14.5. The van der Waals surface area contributed by atoms with Crippen molar-refractivity contribution in [1.82, 2.24) is 15.1 Å². The van der Waals surface area contributed by atoms with Crippen molar-refractivity contribution in [2.24, 2.45) is 0 Å². The van der Waals surface area contributed by atoms with Crippen LogP contribution in [0.25, 0.3) is 0 Å². The third kappa shape index (κ3) is 5.26. The van der Waals surface area contributed by atoms with Crippen molar-refractivity contribution in [3.63, 3.8) is 0 Å². The average Bonchev–Trinajstić information content (AvgIpc) is 2.56. The normalized spacial score (nSPS) is 17.6. The van der Waals surface area contributed by atoms with Gasteiger partial charge >= 0.3 is 0 Å². The standard InChI is InChI=1S/C18H31N3O2/c1-15-3-4-17(13-16(15)2)18(21(9-11-22)10-12-23)14-20-7-5-19-6-8-20/h3-4,13,18-19,22-23H,5-12,14H2,1-2H3. The van der Waals surface area contributed by atoms with E-state index in [1.165, 1.54) is 16.7 Å². The number of aryl methyl sites for hydroxylation is 2. The van der Waals surface area contributed by atoms with Crippen molar-refractivity contribution in [3.05, 3.63) is 34.9 Å². The van der Waals surface area contributed by atoms with Crippen LogP contribution in [0.5, 0.6) is 0 Å². The molecular weight excluding hydrogens is 290 g/mol. The number of rotatable bonds is 8. The molecule has 1 saturated heterocycles. The molecule has 1 aromatic carbocycles. The molecule has 1 aliphatic heterocycles. The van der Waals surface area contributed by atoms with Crippen LogP contribution in [0.3, 0.4) is 0 Å². The number of aliphatic hydroxyl groups is 2. The SMILES string of the molecule is Cc1ccc(C(CN2CCNCC2)N(CCO)CCO)cc1C. The molecule has 1 unspecified atom stereocenters. The van der Waals surface area contributed by atoms with Crippen LogP contribution >= 0.6 is 0 Å². The Hall–Kier alpha value is -0.980. The monoisotopic (exact) mass is 321 g/mol. The van der Waals surface area contributed by atoms with E-state index < -0.39 is 0 Å². The summed E-state index contributed by atoms with van der Waals surface area (Å²) in [4.78, 5) is 4.67. The molecule has 1 aliphatic rings. The van der Waals surface area contributed by atoms with Crippen molar-refractivity contribution < 1.29 is 10.2 Å². The number of hydrogen-bond acceptors (Lipinski definition) is 5. The van der Waals surface area contributed by atoms with Gasteiger partial charge in [-0.05, 0) is 30.5 Å². The lowest BCUT2D eigenvalue weighted by atomic mass is 9.99. The van der Waals surface area contributed by atoms with Gasteiger partial charge in [0.25, 0.3) is 0 Å². The Balaban J connectivity index is 2.22. The summed E-state index contributed by atoms with van der Waals surface area (Å²) in [6.07, 6.45) is 0. The zero-order valence-corrected chi connectivity index (χ0v) is 14.5. The second-order valence-corrected chi connectivity index (χ2v) is 6.39. The summed E-state index contributed by atoms with van der Waals surface area (Å²) in [5.41, 5.74) is 3.86. The zero-order chi connectivity index (χ0) is 16.7. The minimum absolute atomic E-state index is 0.114. The lowest BCUT2D eigenvalue weighted by Gasteiger charge is -2.37. The maximum atomic E-state index is 9.42. The highest BCUT2D eigenvalue weighted by molar-refractivity contribution is 5.32. The van der Waals surface area contributed by atoms with Gasteiger partial charge in [0.05, 0.1) is 13.2 Å². The maximum absolute atomic E-state index is 9.42. The van der Waals surface area contributed by atoms with E-state index in [1.54, 1.807) is 0 Å². The topological polar surface area (TPSA) is 59.0 Å². The van der Waals surface area contributed by atoms with E-state index >= 15 is 0 Å². The van der Waals surface area contributed by atoms with Gasteiger partial charge in [-0.1, -0.05) is 18.2 Å². The first-order valence-corrected chi connectivity index (χ1v) is 8.61. The van der Waals surface area contributed by atoms with Crippen molar-refractivity contribution in [2.45, 2.75) is 19.9 Å². The highest BCUT2D eigenvalue weighted by Crippen LogP contribution is 2.24. The quantitative estimate of drug-likeness (QED) is 0.652. The van der Waals surface area contributed by atoms with E-state index in [2.05, 4.69) is 47.2 Å². The lowest BCUT2D eigenvalue weighted by molar-refractivity contribution is 0.0903. The maximum Gasteiger partial charge on any atom is 0.0558 e. The van der Waals surface area contributed by atoms with E-state index in [0.717, 1.165) is 32.7 Å². The van der Waals surface area contributed by atoms with Crippen LogP contribution in [-0.4, -0.2) is 79.0 Å². The van der Waals surface area contributed by atoms with Gasteiger partial charge in [0.2, 0.25) is 0 Å². The van der Waals surface area contributed by atoms with Gasteiger partial charge in [0.1, 0.15) is 0 Å². The molecule has 1 aromatic rings. The predicted octanol–water partition coefficient (Wildman–Crippen LogP) is 0.536. The van der Waals surface area contributed by atoms with Crippen LogP contribution in [0, 0.1) is 13.8 Å². The van der Waals surface area contributed by atoms with Gasteiger partial charge in [-0.25, -0.2) is 0 Å². The predicted molar refractivity (Wildman–Crippen MR) is 93.7 cm³/mol. The first-order chi connectivity index (χ1) is 11.2. The Morgan fingerprint density at radius 1 is 1.09 bits per heavy atom. The number of aliphatic hydroxyl groups excluding tert-OH is 2. The minimum Gasteiger partial charge on any atom is -0.395 e. The Morgan fingerprint density at radius 3 is 2.30 bits per heavy atom. The molecule has 0 aliphatic carbocycles. The first kappa shape index (κ1) is 18.4. The van der Waals surface area contributed by atoms with Crippen LogP contribution in [0.4, 0.5) is 0 Å². The summed E-state index contributed by atoms with van der Waals surface area (Å²) in [5.74, 6) is 0. The van der Waals surface area contributed by atoms with E-state index in [-0.39, 0.29) is 19.3 Å². The molecule has 0 saturated carbocycles. The number of nitrogens with one attached hydrogen (secondary N) is 1. The molecule has 1 heterocycles. The summed E-state index contributed by atoms with van der Waals surface area (Å²) < 4.78 is 0. The minimum atomic E-state index is 0.114. The lowest BCUT2D eigenvalue weighted by Crippen LogP contribution is -2.48. The molecule has 0 spiro atoms. The van der Waals surface area contributed by atoms with Crippen molar-refractivity contribution >= 4 is 0 Å². The summed E-state index contributed by atoms with van der Waals surface area (Å²) in [5, 5.41) is 22.2. The molecule has 0 radical (unpaired) electrons. The molecule has 0 aromatic heterocycles. The van der Waals surface area contributed by atoms with Crippen LogP contribution in [0.1, 0.15) is 22.7 Å². The van der Waals surface area contributed by atoms with Crippen LogP contribution in [0.15, 0.2) is 18.2 Å². The number of hydrogen-bond donors (Lipinski definition) is 3. The molecule has 1 atom stereocenters. The van der Waals surface area contributed by atoms with Crippen LogP contribution in [-0.2, 0) is 0 Å². The molecule has 5 heteroatoms. The third-order valence-corrected chi connectivity index (χ3v) is 4.77. The van der Waals surface area contributed by atoms with Crippen molar-refractivity contribution in [1.29, 1.82) is 0 Å². The highest BCUT2D eigenvalue weighted by atomic mass is 16.3. The van der Waals surface area contributed by atoms with E-state index in [9.17, 15) is 10.2 Å². The number of benzene rings is 1. The van der Waals surface area contributed by atoms with Gasteiger partial charge in [0.15, 0.2) is 0 Å².